The summed E-state index contributed by atoms with van der Waals surface area (Å²) in [5.41, 5.74) is 13.1. The zero-order chi connectivity index (χ0) is 29.6. The lowest BCUT2D eigenvalue weighted by Crippen LogP contribution is -2.14. The minimum atomic E-state index is 1.04. The Kier molecular flexibility index (Phi) is 7.97. The molecule has 6 aromatic rings. The second kappa shape index (κ2) is 12.5. The molecule has 6 aromatic carbocycles. The number of hydrogen-bond acceptors (Lipinski definition) is 1. The van der Waals surface area contributed by atoms with Crippen LogP contribution >= 0.6 is 0 Å². The number of hydrogen-bond donors (Lipinski definition) is 0. The SMILES string of the molecule is C=Cc1ccc(-c2ccccc2)c(N(c2cc(C=C)ccc2-c2ccccc2)c2cc(C=C)ccc2-c2ccccc2)c1. The predicted molar refractivity (Wildman–Crippen MR) is 188 cm³/mol. The van der Waals surface area contributed by atoms with Crippen LogP contribution in [-0.2, 0) is 0 Å². The van der Waals surface area contributed by atoms with E-state index in [9.17, 15) is 0 Å². The van der Waals surface area contributed by atoms with E-state index in [-0.39, 0.29) is 0 Å². The molecule has 0 unspecified atom stereocenters. The van der Waals surface area contributed by atoms with E-state index in [1.54, 1.807) is 0 Å². The van der Waals surface area contributed by atoms with Crippen LogP contribution in [0.5, 0.6) is 0 Å². The smallest absolute Gasteiger partial charge is 0.0546 e. The fraction of sp³-hybridized carbons (Fsp3) is 0. The van der Waals surface area contributed by atoms with Gasteiger partial charge in [-0.3, -0.25) is 0 Å². The minimum Gasteiger partial charge on any atom is -0.309 e. The summed E-state index contributed by atoms with van der Waals surface area (Å²) in [7, 11) is 0. The number of nitrogens with zero attached hydrogens (tertiary/aromatic N) is 1. The first-order valence-electron chi connectivity index (χ1n) is 14.5. The van der Waals surface area contributed by atoms with Crippen molar-refractivity contribution in [3.05, 3.63) is 182 Å². The summed E-state index contributed by atoms with van der Waals surface area (Å²) in [6.45, 7) is 12.4. The zero-order valence-electron chi connectivity index (χ0n) is 24.2. The maximum Gasteiger partial charge on any atom is 0.0546 e. The Hall–Kier alpha value is -5.66. The van der Waals surface area contributed by atoms with Gasteiger partial charge in [-0.15, -0.1) is 0 Å². The van der Waals surface area contributed by atoms with Crippen molar-refractivity contribution in [2.45, 2.75) is 0 Å². The van der Waals surface area contributed by atoms with E-state index in [2.05, 4.69) is 170 Å². The van der Waals surface area contributed by atoms with Gasteiger partial charge < -0.3 is 4.90 Å². The second-order valence-electron chi connectivity index (χ2n) is 10.4. The van der Waals surface area contributed by atoms with E-state index in [0.29, 0.717) is 0 Å². The van der Waals surface area contributed by atoms with Crippen LogP contribution in [0.1, 0.15) is 16.7 Å². The van der Waals surface area contributed by atoms with Crippen LogP contribution in [-0.4, -0.2) is 0 Å². The van der Waals surface area contributed by atoms with E-state index in [1.165, 1.54) is 0 Å². The molecule has 0 atom stereocenters. The van der Waals surface area contributed by atoms with E-state index in [0.717, 1.165) is 67.1 Å². The molecule has 0 heterocycles. The number of anilines is 3. The van der Waals surface area contributed by atoms with Gasteiger partial charge in [0.25, 0.3) is 0 Å². The van der Waals surface area contributed by atoms with Gasteiger partial charge in [0.1, 0.15) is 0 Å². The summed E-state index contributed by atoms with van der Waals surface area (Å²) in [6, 6.07) is 51.4. The molecule has 0 spiro atoms. The molecule has 43 heavy (non-hydrogen) atoms. The molecular formula is C42H33N. The fourth-order valence-corrected chi connectivity index (χ4v) is 5.56. The van der Waals surface area contributed by atoms with Gasteiger partial charge in [0.05, 0.1) is 17.1 Å². The summed E-state index contributed by atoms with van der Waals surface area (Å²) in [5, 5.41) is 0. The maximum absolute atomic E-state index is 4.12. The van der Waals surface area contributed by atoms with Crippen molar-refractivity contribution >= 4 is 35.3 Å². The average Bonchev–Trinajstić information content (AvgIpc) is 3.09. The van der Waals surface area contributed by atoms with Crippen LogP contribution in [0.3, 0.4) is 0 Å². The molecule has 0 fully saturated rings. The van der Waals surface area contributed by atoms with E-state index < -0.39 is 0 Å². The summed E-state index contributed by atoms with van der Waals surface area (Å²) in [5.74, 6) is 0. The summed E-state index contributed by atoms with van der Waals surface area (Å²) < 4.78 is 0. The van der Waals surface area contributed by atoms with E-state index in [1.807, 2.05) is 18.2 Å². The predicted octanol–water partition coefficient (Wildman–Crippen LogP) is 12.1. The van der Waals surface area contributed by atoms with Gasteiger partial charge in [-0.2, -0.15) is 0 Å². The van der Waals surface area contributed by atoms with Gasteiger partial charge in [0.15, 0.2) is 0 Å². The van der Waals surface area contributed by atoms with Gasteiger partial charge in [-0.05, 0) is 51.6 Å². The second-order valence-corrected chi connectivity index (χ2v) is 10.4. The highest BCUT2D eigenvalue weighted by Gasteiger charge is 2.24. The van der Waals surface area contributed by atoms with Crippen molar-refractivity contribution in [2.75, 3.05) is 4.90 Å². The molecule has 0 saturated heterocycles. The topological polar surface area (TPSA) is 3.24 Å². The zero-order valence-corrected chi connectivity index (χ0v) is 24.2. The molecule has 0 radical (unpaired) electrons. The Morgan fingerprint density at radius 2 is 0.628 bits per heavy atom. The quantitative estimate of drug-likeness (QED) is 0.173. The highest BCUT2D eigenvalue weighted by molar-refractivity contribution is 5.98. The molecule has 0 aliphatic rings. The summed E-state index contributed by atoms with van der Waals surface area (Å²) in [6.07, 6.45) is 5.73. The first kappa shape index (κ1) is 27.5. The fourth-order valence-electron chi connectivity index (χ4n) is 5.56. The van der Waals surface area contributed by atoms with E-state index >= 15 is 0 Å². The lowest BCUT2D eigenvalue weighted by atomic mass is 9.94. The molecule has 1 nitrogen and oxygen atoms in total. The molecular weight excluding hydrogens is 518 g/mol. The molecule has 0 amide bonds. The Morgan fingerprint density at radius 1 is 0.349 bits per heavy atom. The van der Waals surface area contributed by atoms with Crippen molar-refractivity contribution in [3.63, 3.8) is 0 Å². The van der Waals surface area contributed by atoms with Crippen molar-refractivity contribution < 1.29 is 0 Å². The van der Waals surface area contributed by atoms with Crippen LogP contribution in [0.15, 0.2) is 165 Å². The Balaban J connectivity index is 1.77. The largest absolute Gasteiger partial charge is 0.309 e. The molecule has 206 valence electrons. The summed E-state index contributed by atoms with van der Waals surface area (Å²) in [4.78, 5) is 2.40. The van der Waals surface area contributed by atoms with Crippen molar-refractivity contribution in [2.24, 2.45) is 0 Å². The third kappa shape index (κ3) is 5.62. The van der Waals surface area contributed by atoms with E-state index in [4.69, 9.17) is 0 Å². The van der Waals surface area contributed by atoms with Crippen LogP contribution in [0.25, 0.3) is 51.6 Å². The summed E-state index contributed by atoms with van der Waals surface area (Å²) >= 11 is 0. The minimum absolute atomic E-state index is 1.04. The average molecular weight is 552 g/mol. The lowest BCUT2D eigenvalue weighted by molar-refractivity contribution is 1.28. The first-order valence-corrected chi connectivity index (χ1v) is 14.5. The first-order chi connectivity index (χ1) is 21.2. The highest BCUT2D eigenvalue weighted by Crippen LogP contribution is 2.48. The molecule has 0 aliphatic heterocycles. The molecule has 1 heteroatoms. The van der Waals surface area contributed by atoms with Crippen LogP contribution < -0.4 is 4.90 Å². The molecule has 6 rings (SSSR count). The van der Waals surface area contributed by atoms with Gasteiger partial charge in [-0.1, -0.05) is 165 Å². The standard InChI is InChI=1S/C42H33N/c1-4-31-22-25-37(34-16-10-7-11-17-34)40(28-31)43(41-29-32(5-2)23-26-38(41)35-18-12-8-13-19-35)42-30-33(6-3)24-27-39(42)36-20-14-9-15-21-36/h4-30H,1-3H2. The number of rotatable bonds is 9. The van der Waals surface area contributed by atoms with Gasteiger partial charge in [0.2, 0.25) is 0 Å². The molecule has 0 aromatic heterocycles. The maximum atomic E-state index is 4.12. The molecule has 0 aliphatic carbocycles. The Bertz CT molecular complexity index is 1670. The molecule has 0 bridgehead atoms. The van der Waals surface area contributed by atoms with Crippen molar-refractivity contribution in [3.8, 4) is 33.4 Å². The van der Waals surface area contributed by atoms with Crippen molar-refractivity contribution in [1.82, 2.24) is 0 Å². The molecule has 0 saturated carbocycles. The lowest BCUT2D eigenvalue weighted by Gasteiger charge is -2.32. The third-order valence-corrected chi connectivity index (χ3v) is 7.75. The van der Waals surface area contributed by atoms with Gasteiger partial charge >= 0.3 is 0 Å². The van der Waals surface area contributed by atoms with Crippen LogP contribution in [0.4, 0.5) is 17.1 Å². The third-order valence-electron chi connectivity index (χ3n) is 7.75. The van der Waals surface area contributed by atoms with Crippen LogP contribution in [0, 0.1) is 0 Å². The normalized spacial score (nSPS) is 10.6. The van der Waals surface area contributed by atoms with Gasteiger partial charge in [0, 0.05) is 16.7 Å². The Morgan fingerprint density at radius 3 is 0.884 bits per heavy atom. The Labute approximate surface area is 255 Å². The van der Waals surface area contributed by atoms with Crippen LogP contribution in [0.2, 0.25) is 0 Å². The number of benzene rings is 6. The molecule has 0 N–H and O–H groups in total. The highest BCUT2D eigenvalue weighted by atomic mass is 15.2. The van der Waals surface area contributed by atoms with Gasteiger partial charge in [-0.25, -0.2) is 0 Å². The van der Waals surface area contributed by atoms with Crippen molar-refractivity contribution in [1.29, 1.82) is 0 Å². The monoisotopic (exact) mass is 551 g/mol.